The molecule has 0 bridgehead atoms. The number of rotatable bonds is 4. The van der Waals surface area contributed by atoms with Gasteiger partial charge in [0, 0.05) is 13.5 Å². The average Bonchev–Trinajstić information content (AvgIpc) is 2.16. The molecule has 5 nitrogen and oxygen atoms in total. The van der Waals surface area contributed by atoms with Crippen LogP contribution in [-0.4, -0.2) is 31.5 Å². The van der Waals surface area contributed by atoms with E-state index in [1.54, 1.807) is 7.11 Å². The fraction of sp³-hybridized carbons (Fsp3) is 0.778. The molecule has 1 unspecified atom stereocenters. The third-order valence-corrected chi connectivity index (χ3v) is 2.07. The number of amides is 1. The van der Waals surface area contributed by atoms with Crippen molar-refractivity contribution in [1.29, 1.82) is 0 Å². The van der Waals surface area contributed by atoms with Crippen molar-refractivity contribution in [3.8, 4) is 0 Å². The number of nitrogens with one attached hydrogen (secondary N) is 2. The number of ether oxygens (including phenoxy) is 1. The van der Waals surface area contributed by atoms with Gasteiger partial charge >= 0.3 is 0 Å². The van der Waals surface area contributed by atoms with E-state index in [1.807, 2.05) is 13.8 Å². The maximum Gasteiger partial charge on any atom is 0.263 e. The number of hydrogen-bond acceptors (Lipinski definition) is 4. The molecule has 0 aromatic heterocycles. The molecule has 0 aromatic carbocycles. The van der Waals surface area contributed by atoms with Crippen molar-refractivity contribution < 1.29 is 9.53 Å². The van der Waals surface area contributed by atoms with Crippen LogP contribution in [0.2, 0.25) is 0 Å². The maximum absolute atomic E-state index is 11.3. The minimum absolute atomic E-state index is 0.0684. The molecule has 0 aliphatic carbocycles. The summed E-state index contributed by atoms with van der Waals surface area (Å²) in [6.45, 7) is 4.56. The summed E-state index contributed by atoms with van der Waals surface area (Å²) in [5, 5.41) is 0. The Morgan fingerprint density at radius 1 is 1.50 bits per heavy atom. The number of nitrogens with zero attached hydrogens (tertiary/aromatic N) is 1. The topological polar surface area (TPSA) is 62.7 Å². The summed E-state index contributed by atoms with van der Waals surface area (Å²) in [5.41, 5.74) is 5.36. The minimum atomic E-state index is -0.275. The van der Waals surface area contributed by atoms with Crippen LogP contribution in [0.3, 0.4) is 0 Å². The van der Waals surface area contributed by atoms with E-state index in [0.29, 0.717) is 13.0 Å². The van der Waals surface area contributed by atoms with Crippen LogP contribution in [0, 0.1) is 5.92 Å². The van der Waals surface area contributed by atoms with Gasteiger partial charge in [-0.05, 0) is 5.92 Å². The van der Waals surface area contributed by atoms with Gasteiger partial charge in [-0.2, -0.15) is 0 Å². The zero-order valence-corrected chi connectivity index (χ0v) is 8.83. The molecule has 1 atom stereocenters. The highest BCUT2D eigenvalue weighted by molar-refractivity contribution is 5.93. The number of amidine groups is 1. The number of hydrazine groups is 1. The van der Waals surface area contributed by atoms with Gasteiger partial charge in [0.25, 0.3) is 5.91 Å². The fourth-order valence-corrected chi connectivity index (χ4v) is 1.24. The van der Waals surface area contributed by atoms with E-state index in [0.717, 1.165) is 5.84 Å². The van der Waals surface area contributed by atoms with Gasteiger partial charge in [-0.3, -0.25) is 20.6 Å². The Morgan fingerprint density at radius 3 is 2.79 bits per heavy atom. The van der Waals surface area contributed by atoms with Gasteiger partial charge in [0.05, 0.1) is 6.61 Å². The van der Waals surface area contributed by atoms with E-state index in [-0.39, 0.29) is 17.9 Å². The molecule has 1 aliphatic rings. The predicted molar refractivity (Wildman–Crippen MR) is 53.8 cm³/mol. The first kappa shape index (κ1) is 11.0. The summed E-state index contributed by atoms with van der Waals surface area (Å²) >= 11 is 0. The van der Waals surface area contributed by atoms with Crippen molar-refractivity contribution in [2.75, 3.05) is 13.7 Å². The van der Waals surface area contributed by atoms with Crippen molar-refractivity contribution in [3.63, 3.8) is 0 Å². The SMILES string of the molecule is COCCC1=NC(C(C)C)C(=O)NN1. The second-order valence-electron chi connectivity index (χ2n) is 3.62. The van der Waals surface area contributed by atoms with Gasteiger partial charge in [-0.15, -0.1) is 0 Å². The minimum Gasteiger partial charge on any atom is -0.384 e. The lowest BCUT2D eigenvalue weighted by atomic mass is 10.0. The Kier molecular flexibility index (Phi) is 3.88. The standard InChI is InChI=1S/C9H17N3O2/c1-6(2)8-9(13)12-11-7(10-8)4-5-14-3/h6,8H,4-5H2,1-3H3,(H,10,11)(H,12,13). The van der Waals surface area contributed by atoms with Crippen molar-refractivity contribution in [1.82, 2.24) is 10.9 Å². The molecule has 0 spiro atoms. The van der Waals surface area contributed by atoms with Crippen LogP contribution in [0.5, 0.6) is 0 Å². The van der Waals surface area contributed by atoms with Crippen molar-refractivity contribution >= 4 is 11.7 Å². The molecule has 14 heavy (non-hydrogen) atoms. The van der Waals surface area contributed by atoms with E-state index < -0.39 is 0 Å². The quantitative estimate of drug-likeness (QED) is 0.674. The number of carbonyl (C=O) groups excluding carboxylic acids is 1. The van der Waals surface area contributed by atoms with Gasteiger partial charge in [-0.25, -0.2) is 0 Å². The molecule has 2 N–H and O–H groups in total. The average molecular weight is 199 g/mol. The maximum atomic E-state index is 11.3. The van der Waals surface area contributed by atoms with E-state index >= 15 is 0 Å². The first-order valence-electron chi connectivity index (χ1n) is 4.76. The Morgan fingerprint density at radius 2 is 2.21 bits per heavy atom. The summed E-state index contributed by atoms with van der Waals surface area (Å²) in [7, 11) is 1.64. The fourth-order valence-electron chi connectivity index (χ4n) is 1.24. The third kappa shape index (κ3) is 2.70. The lowest BCUT2D eigenvalue weighted by Gasteiger charge is -2.24. The summed E-state index contributed by atoms with van der Waals surface area (Å²) < 4.78 is 4.93. The van der Waals surface area contributed by atoms with Gasteiger partial charge in [0.1, 0.15) is 11.9 Å². The summed E-state index contributed by atoms with van der Waals surface area (Å²) in [5.74, 6) is 0.931. The van der Waals surface area contributed by atoms with Crippen molar-refractivity contribution in [2.45, 2.75) is 26.3 Å². The molecular formula is C9H17N3O2. The summed E-state index contributed by atoms with van der Waals surface area (Å²) in [6.07, 6.45) is 0.694. The van der Waals surface area contributed by atoms with E-state index in [2.05, 4.69) is 15.8 Å². The third-order valence-electron chi connectivity index (χ3n) is 2.07. The second-order valence-corrected chi connectivity index (χ2v) is 3.62. The highest BCUT2D eigenvalue weighted by Gasteiger charge is 2.25. The van der Waals surface area contributed by atoms with Gasteiger partial charge in [0.15, 0.2) is 0 Å². The Hall–Kier alpha value is -1.10. The highest BCUT2D eigenvalue weighted by atomic mass is 16.5. The first-order valence-corrected chi connectivity index (χ1v) is 4.76. The van der Waals surface area contributed by atoms with Crippen molar-refractivity contribution in [3.05, 3.63) is 0 Å². The van der Waals surface area contributed by atoms with Gasteiger partial charge in [0.2, 0.25) is 0 Å². The molecule has 1 heterocycles. The zero-order chi connectivity index (χ0) is 10.6. The van der Waals surface area contributed by atoms with Crippen LogP contribution in [0.4, 0.5) is 0 Å². The van der Waals surface area contributed by atoms with Crippen molar-refractivity contribution in [2.24, 2.45) is 10.9 Å². The number of methoxy groups -OCH3 is 1. The summed E-state index contributed by atoms with van der Waals surface area (Å²) in [6, 6.07) is -0.275. The van der Waals surface area contributed by atoms with E-state index in [1.165, 1.54) is 0 Å². The largest absolute Gasteiger partial charge is 0.384 e. The molecule has 5 heteroatoms. The normalized spacial score (nSPS) is 21.6. The second kappa shape index (κ2) is 4.95. The van der Waals surface area contributed by atoms with Gasteiger partial charge in [-0.1, -0.05) is 13.8 Å². The Labute approximate surface area is 83.9 Å². The molecule has 0 saturated carbocycles. The number of hydrogen-bond donors (Lipinski definition) is 2. The summed E-state index contributed by atoms with van der Waals surface area (Å²) in [4.78, 5) is 15.7. The first-order chi connectivity index (χ1) is 6.65. The lowest BCUT2D eigenvalue weighted by molar-refractivity contribution is -0.124. The molecule has 0 fully saturated rings. The van der Waals surface area contributed by atoms with Gasteiger partial charge < -0.3 is 4.74 Å². The van der Waals surface area contributed by atoms with Crippen LogP contribution in [-0.2, 0) is 9.53 Å². The molecule has 0 saturated heterocycles. The number of carbonyl (C=O) groups is 1. The molecule has 1 rings (SSSR count). The molecular weight excluding hydrogens is 182 g/mol. The molecule has 0 aromatic rings. The predicted octanol–water partition coefficient (Wildman–Crippen LogP) is 0.0804. The lowest BCUT2D eigenvalue weighted by Crippen LogP contribution is -2.52. The van der Waals surface area contributed by atoms with Crippen LogP contribution in [0.1, 0.15) is 20.3 Å². The smallest absolute Gasteiger partial charge is 0.263 e. The van der Waals surface area contributed by atoms with Crippen LogP contribution < -0.4 is 10.9 Å². The highest BCUT2D eigenvalue weighted by Crippen LogP contribution is 2.09. The number of aliphatic imine (C=N–C) groups is 1. The van der Waals surface area contributed by atoms with Crippen LogP contribution in [0.25, 0.3) is 0 Å². The molecule has 0 radical (unpaired) electrons. The Bertz CT molecular complexity index is 238. The van der Waals surface area contributed by atoms with E-state index in [9.17, 15) is 4.79 Å². The Balaban J connectivity index is 2.60. The van der Waals surface area contributed by atoms with Crippen LogP contribution >= 0.6 is 0 Å². The molecule has 1 amide bonds. The van der Waals surface area contributed by atoms with E-state index in [4.69, 9.17) is 4.74 Å². The monoisotopic (exact) mass is 199 g/mol. The van der Waals surface area contributed by atoms with Crippen LogP contribution in [0.15, 0.2) is 4.99 Å². The molecule has 1 aliphatic heterocycles. The molecule has 80 valence electrons. The zero-order valence-electron chi connectivity index (χ0n) is 8.83.